The van der Waals surface area contributed by atoms with Gasteiger partial charge >= 0.3 is 51.4 Å². The standard InChI is InChI=1S/C11H18.C8H18N.C2H6.C2H5.K/c1-5-10(4)8-9-11(6-2)7-3;1-3-5-6-8-9-7-4-2;2*1-2;/h5-6,8-9H,7H2,1-4H3;9H,1,3-8H2,2H3;1-2H3;1H2,2H3;/q;-1;;-1;+1/b9-8-,10-5-,11-6-;;;;. The SMILES string of the molecule is CC.C\C=C(C)/C=C\C(=C/C)CC.[CH2-]C.[CH2-]CCCCNCCC.[K+]. The van der Waals surface area contributed by atoms with E-state index in [2.05, 4.69) is 78.1 Å². The second-order valence-corrected chi connectivity index (χ2v) is 4.89. The monoisotopic (exact) mass is 376 g/mol. The maximum Gasteiger partial charge on any atom is 1.00 e. The summed E-state index contributed by atoms with van der Waals surface area (Å²) < 4.78 is 0. The molecule has 0 radical (unpaired) electrons. The normalized spacial score (nSPS) is 10.5. The average Bonchev–Trinajstić information content (AvgIpc) is 2.66. The molecule has 0 spiro atoms. The van der Waals surface area contributed by atoms with Crippen molar-refractivity contribution in [2.24, 2.45) is 0 Å². The fraction of sp³-hybridized carbons (Fsp3) is 0.652. The Kier molecular flexibility index (Phi) is 58.3. The van der Waals surface area contributed by atoms with Crippen molar-refractivity contribution in [1.82, 2.24) is 5.32 Å². The predicted molar refractivity (Wildman–Crippen MR) is 117 cm³/mol. The van der Waals surface area contributed by atoms with Gasteiger partial charge < -0.3 is 19.2 Å². The maximum absolute atomic E-state index is 3.78. The van der Waals surface area contributed by atoms with Gasteiger partial charge in [-0.3, -0.25) is 0 Å². The molecule has 0 aromatic carbocycles. The summed E-state index contributed by atoms with van der Waals surface area (Å²) in [6.45, 7) is 25.7. The Morgan fingerprint density at radius 3 is 1.84 bits per heavy atom. The topological polar surface area (TPSA) is 12.0 Å². The van der Waals surface area contributed by atoms with Crippen LogP contribution in [0.3, 0.4) is 0 Å². The predicted octanol–water partition coefficient (Wildman–Crippen LogP) is 4.73. The Morgan fingerprint density at radius 2 is 1.48 bits per heavy atom. The summed E-state index contributed by atoms with van der Waals surface area (Å²) in [5, 5.41) is 3.34. The van der Waals surface area contributed by atoms with Crippen molar-refractivity contribution in [2.75, 3.05) is 13.1 Å². The molecule has 0 aliphatic heterocycles. The number of unbranched alkanes of at least 4 members (excludes halogenated alkanes) is 2. The van der Waals surface area contributed by atoms with E-state index in [1.165, 1.54) is 37.0 Å². The average molecular weight is 377 g/mol. The molecule has 0 fully saturated rings. The van der Waals surface area contributed by atoms with E-state index >= 15 is 0 Å². The summed E-state index contributed by atoms with van der Waals surface area (Å²) >= 11 is 0. The van der Waals surface area contributed by atoms with Gasteiger partial charge in [0.15, 0.2) is 0 Å². The zero-order valence-electron chi connectivity index (χ0n) is 19.2. The Balaban J connectivity index is -0.0000000867. The molecule has 0 heterocycles. The molecular formula is C23H47KN-. The third-order valence-electron chi connectivity index (χ3n) is 3.08. The van der Waals surface area contributed by atoms with Crippen LogP contribution in [0.1, 0.15) is 87.5 Å². The molecule has 1 N–H and O–H groups in total. The van der Waals surface area contributed by atoms with Crippen molar-refractivity contribution < 1.29 is 51.4 Å². The van der Waals surface area contributed by atoms with Gasteiger partial charge in [0.05, 0.1) is 0 Å². The van der Waals surface area contributed by atoms with Crippen LogP contribution in [0.25, 0.3) is 0 Å². The minimum Gasteiger partial charge on any atom is -0.346 e. The molecule has 0 saturated heterocycles. The molecule has 146 valence electrons. The first-order chi connectivity index (χ1) is 11.7. The number of rotatable bonds is 9. The van der Waals surface area contributed by atoms with Gasteiger partial charge in [0.25, 0.3) is 0 Å². The summed E-state index contributed by atoms with van der Waals surface area (Å²) in [7, 11) is 0. The van der Waals surface area contributed by atoms with Gasteiger partial charge in [-0.1, -0.05) is 69.6 Å². The fourth-order valence-electron chi connectivity index (χ4n) is 1.48. The van der Waals surface area contributed by atoms with Crippen molar-refractivity contribution in [3.05, 3.63) is 49.3 Å². The summed E-state index contributed by atoms with van der Waals surface area (Å²) in [6.07, 6.45) is 14.6. The zero-order valence-corrected chi connectivity index (χ0v) is 22.3. The molecule has 0 aliphatic rings. The summed E-state index contributed by atoms with van der Waals surface area (Å²) in [5.41, 5.74) is 2.71. The van der Waals surface area contributed by atoms with Crippen LogP contribution in [0.15, 0.2) is 35.5 Å². The Bertz CT molecular complexity index is 272. The molecule has 0 atom stereocenters. The van der Waals surface area contributed by atoms with Crippen LogP contribution in [0.4, 0.5) is 0 Å². The molecule has 25 heavy (non-hydrogen) atoms. The van der Waals surface area contributed by atoms with Gasteiger partial charge in [0.1, 0.15) is 0 Å². The largest absolute Gasteiger partial charge is 1.00 e. The van der Waals surface area contributed by atoms with Crippen LogP contribution >= 0.6 is 0 Å². The molecular weight excluding hydrogens is 329 g/mol. The van der Waals surface area contributed by atoms with E-state index < -0.39 is 0 Å². The quantitative estimate of drug-likeness (QED) is 0.265. The van der Waals surface area contributed by atoms with Gasteiger partial charge in [-0.2, -0.15) is 13.3 Å². The van der Waals surface area contributed by atoms with Crippen molar-refractivity contribution in [3.63, 3.8) is 0 Å². The second-order valence-electron chi connectivity index (χ2n) is 4.89. The van der Waals surface area contributed by atoms with Gasteiger partial charge in [0.2, 0.25) is 0 Å². The minimum atomic E-state index is 0. The van der Waals surface area contributed by atoms with Crippen LogP contribution in [0.5, 0.6) is 0 Å². The van der Waals surface area contributed by atoms with Gasteiger partial charge in [-0.15, -0.1) is 0 Å². The molecule has 0 saturated carbocycles. The Labute approximate surface area is 204 Å². The Morgan fingerprint density at radius 1 is 0.920 bits per heavy atom. The molecule has 0 bridgehead atoms. The van der Waals surface area contributed by atoms with E-state index in [0.29, 0.717) is 0 Å². The smallest absolute Gasteiger partial charge is 0.346 e. The van der Waals surface area contributed by atoms with Crippen molar-refractivity contribution in [1.29, 1.82) is 0 Å². The number of hydrogen-bond acceptors (Lipinski definition) is 1. The first kappa shape index (κ1) is 36.7. The van der Waals surface area contributed by atoms with Crippen molar-refractivity contribution >= 4 is 0 Å². The molecule has 2 heteroatoms. The van der Waals surface area contributed by atoms with E-state index in [0.717, 1.165) is 19.4 Å². The third kappa shape index (κ3) is 40.7. The molecule has 0 amide bonds. The number of allylic oxidation sites excluding steroid dienone is 6. The first-order valence-corrected chi connectivity index (χ1v) is 9.82. The van der Waals surface area contributed by atoms with E-state index in [1.807, 2.05) is 13.8 Å². The van der Waals surface area contributed by atoms with E-state index in [-0.39, 0.29) is 51.4 Å². The molecule has 1 nitrogen and oxygen atoms in total. The zero-order chi connectivity index (χ0) is 19.6. The van der Waals surface area contributed by atoms with Crippen molar-refractivity contribution in [3.8, 4) is 0 Å². The second kappa shape index (κ2) is 39.8. The maximum atomic E-state index is 3.78. The van der Waals surface area contributed by atoms with Gasteiger partial charge in [0, 0.05) is 0 Å². The minimum absolute atomic E-state index is 0. The number of hydrogen-bond donors (Lipinski definition) is 1. The summed E-state index contributed by atoms with van der Waals surface area (Å²) in [4.78, 5) is 0. The fourth-order valence-corrected chi connectivity index (χ4v) is 1.48. The van der Waals surface area contributed by atoms with Crippen LogP contribution in [-0.2, 0) is 0 Å². The van der Waals surface area contributed by atoms with Gasteiger partial charge in [-0.05, 0) is 53.1 Å². The number of nitrogens with one attached hydrogen (secondary N) is 1. The van der Waals surface area contributed by atoms with Crippen LogP contribution in [-0.4, -0.2) is 13.1 Å². The van der Waals surface area contributed by atoms with Gasteiger partial charge in [-0.25, -0.2) is 0 Å². The van der Waals surface area contributed by atoms with Crippen LogP contribution in [0, 0.1) is 13.8 Å². The molecule has 0 aromatic rings. The first-order valence-electron chi connectivity index (χ1n) is 9.82. The summed E-state index contributed by atoms with van der Waals surface area (Å²) in [6, 6.07) is 0. The molecule has 0 rings (SSSR count). The molecule has 0 aromatic heterocycles. The van der Waals surface area contributed by atoms with E-state index in [1.54, 1.807) is 6.92 Å². The van der Waals surface area contributed by atoms with E-state index in [4.69, 9.17) is 0 Å². The third-order valence-corrected chi connectivity index (χ3v) is 3.08. The van der Waals surface area contributed by atoms with E-state index in [9.17, 15) is 0 Å². The molecule has 0 unspecified atom stereocenters. The molecule has 0 aliphatic carbocycles. The van der Waals surface area contributed by atoms with Crippen LogP contribution < -0.4 is 56.7 Å². The van der Waals surface area contributed by atoms with Crippen LogP contribution in [0.2, 0.25) is 0 Å². The Hall–Kier alpha value is 0.816. The van der Waals surface area contributed by atoms with Crippen molar-refractivity contribution in [2.45, 2.75) is 87.5 Å². The summed E-state index contributed by atoms with van der Waals surface area (Å²) in [5.74, 6) is 0.